The van der Waals surface area contributed by atoms with E-state index in [9.17, 15) is 14.4 Å². The Morgan fingerprint density at radius 1 is 1.33 bits per heavy atom. The first kappa shape index (κ1) is 14.2. The van der Waals surface area contributed by atoms with Gasteiger partial charge >= 0.3 is 5.97 Å². The lowest BCUT2D eigenvalue weighted by molar-refractivity contribution is -0.133. The van der Waals surface area contributed by atoms with E-state index in [1.165, 1.54) is 13.8 Å². The Labute approximate surface area is 106 Å². The van der Waals surface area contributed by atoms with Gasteiger partial charge in [-0.3, -0.25) is 9.59 Å². The molecular weight excluding hydrogens is 236 g/mol. The number of nitrogens with zero attached hydrogens (tertiary/aromatic N) is 1. The molecule has 0 aromatic rings. The summed E-state index contributed by atoms with van der Waals surface area (Å²) in [6, 6.07) is -0.114. The van der Waals surface area contributed by atoms with Gasteiger partial charge in [-0.2, -0.15) is 0 Å². The van der Waals surface area contributed by atoms with E-state index in [-0.39, 0.29) is 29.0 Å². The Morgan fingerprint density at radius 2 is 1.94 bits per heavy atom. The topological polar surface area (TPSA) is 86.7 Å². The molecule has 1 aliphatic heterocycles. The van der Waals surface area contributed by atoms with Gasteiger partial charge in [0.05, 0.1) is 0 Å². The number of carboxylic acid groups (broad SMARTS) is 1. The number of nitrogens with one attached hydrogen (secondary N) is 1. The number of likely N-dealkylation sites (tertiary alicyclic amines) is 1. The molecule has 2 amide bonds. The van der Waals surface area contributed by atoms with Crippen LogP contribution in [0.15, 0.2) is 11.1 Å². The van der Waals surface area contributed by atoms with Crippen LogP contribution in [-0.2, 0) is 14.4 Å². The molecule has 1 atom stereocenters. The van der Waals surface area contributed by atoms with Gasteiger partial charge in [-0.1, -0.05) is 0 Å². The standard InChI is InChI=1S/C12H18N2O4/c1-7(8(2)12(17)18)11(16)13-9-4-5-10(15)14(3)6-9/h9H,4-6H2,1-3H3,(H,13,16)(H,17,18). The van der Waals surface area contributed by atoms with Gasteiger partial charge in [-0.05, 0) is 20.3 Å². The van der Waals surface area contributed by atoms with Crippen LogP contribution in [0.25, 0.3) is 0 Å². The van der Waals surface area contributed by atoms with Gasteiger partial charge in [0.2, 0.25) is 11.8 Å². The fourth-order valence-electron chi connectivity index (χ4n) is 1.75. The third kappa shape index (κ3) is 3.32. The zero-order valence-corrected chi connectivity index (χ0v) is 10.8. The van der Waals surface area contributed by atoms with Crippen molar-refractivity contribution in [1.29, 1.82) is 0 Å². The van der Waals surface area contributed by atoms with Gasteiger partial charge < -0.3 is 15.3 Å². The van der Waals surface area contributed by atoms with E-state index in [1.807, 2.05) is 0 Å². The summed E-state index contributed by atoms with van der Waals surface area (Å²) in [6.45, 7) is 3.34. The molecule has 0 aromatic carbocycles. The molecule has 0 aliphatic carbocycles. The second-order valence-corrected chi connectivity index (χ2v) is 4.54. The molecule has 0 saturated carbocycles. The number of likely N-dealkylation sites (N-methyl/N-ethyl adjacent to an activating group) is 1. The zero-order valence-electron chi connectivity index (χ0n) is 10.8. The summed E-state index contributed by atoms with van der Waals surface area (Å²) in [6.07, 6.45) is 0.996. The quantitative estimate of drug-likeness (QED) is 0.702. The van der Waals surface area contributed by atoms with E-state index in [0.717, 1.165) is 0 Å². The number of carboxylic acids is 1. The van der Waals surface area contributed by atoms with Crippen molar-refractivity contribution in [3.8, 4) is 0 Å². The Bertz CT molecular complexity index is 414. The van der Waals surface area contributed by atoms with Crippen LogP contribution < -0.4 is 5.32 Å². The average molecular weight is 254 g/mol. The Balaban J connectivity index is 2.64. The summed E-state index contributed by atoms with van der Waals surface area (Å²) in [5.74, 6) is -1.42. The van der Waals surface area contributed by atoms with Gasteiger partial charge in [0.15, 0.2) is 0 Å². The second-order valence-electron chi connectivity index (χ2n) is 4.54. The minimum absolute atomic E-state index is 0.0349. The molecule has 0 spiro atoms. The first-order valence-corrected chi connectivity index (χ1v) is 5.78. The third-order valence-corrected chi connectivity index (χ3v) is 3.19. The van der Waals surface area contributed by atoms with Crippen molar-refractivity contribution in [2.75, 3.05) is 13.6 Å². The summed E-state index contributed by atoms with van der Waals surface area (Å²) in [5, 5.41) is 11.5. The highest BCUT2D eigenvalue weighted by Gasteiger charge is 2.24. The molecule has 100 valence electrons. The minimum Gasteiger partial charge on any atom is -0.478 e. The summed E-state index contributed by atoms with van der Waals surface area (Å²) in [4.78, 5) is 35.4. The summed E-state index contributed by atoms with van der Waals surface area (Å²) in [5.41, 5.74) is 0.231. The molecule has 6 heteroatoms. The van der Waals surface area contributed by atoms with E-state index in [1.54, 1.807) is 11.9 Å². The average Bonchev–Trinajstić information content (AvgIpc) is 2.31. The van der Waals surface area contributed by atoms with Crippen LogP contribution in [0.5, 0.6) is 0 Å². The van der Waals surface area contributed by atoms with Crippen LogP contribution in [0.2, 0.25) is 0 Å². The van der Waals surface area contributed by atoms with E-state index >= 15 is 0 Å². The van der Waals surface area contributed by atoms with Crippen LogP contribution in [0.3, 0.4) is 0 Å². The summed E-state index contributed by atoms with van der Waals surface area (Å²) in [7, 11) is 1.69. The second kappa shape index (κ2) is 5.66. The molecular formula is C12H18N2O4. The maximum Gasteiger partial charge on any atom is 0.331 e. The SMILES string of the molecule is CC(C(=O)O)=C(C)C(=O)NC1CCC(=O)N(C)C1. The third-order valence-electron chi connectivity index (χ3n) is 3.19. The summed E-state index contributed by atoms with van der Waals surface area (Å²) >= 11 is 0. The number of carbonyl (C=O) groups is 3. The van der Waals surface area contributed by atoms with Crippen molar-refractivity contribution in [2.45, 2.75) is 32.7 Å². The molecule has 1 rings (SSSR count). The van der Waals surface area contributed by atoms with Crippen molar-refractivity contribution in [1.82, 2.24) is 10.2 Å². The van der Waals surface area contributed by atoms with Gasteiger partial charge in [-0.25, -0.2) is 4.79 Å². The number of rotatable bonds is 3. The zero-order chi connectivity index (χ0) is 13.9. The Hall–Kier alpha value is -1.85. The maximum atomic E-state index is 11.8. The smallest absolute Gasteiger partial charge is 0.331 e. The van der Waals surface area contributed by atoms with E-state index in [4.69, 9.17) is 5.11 Å². The molecule has 2 N–H and O–H groups in total. The molecule has 1 saturated heterocycles. The van der Waals surface area contributed by atoms with Crippen molar-refractivity contribution in [3.05, 3.63) is 11.1 Å². The normalized spacial score (nSPS) is 21.4. The Kier molecular flexibility index (Phi) is 4.47. The number of hydrogen-bond acceptors (Lipinski definition) is 3. The predicted octanol–water partition coefficient (Wildman–Crippen LogP) is 0.144. The van der Waals surface area contributed by atoms with E-state index in [2.05, 4.69) is 5.32 Å². The molecule has 1 heterocycles. The number of piperidine rings is 1. The lowest BCUT2D eigenvalue weighted by Gasteiger charge is -2.30. The van der Waals surface area contributed by atoms with Gasteiger partial charge in [0, 0.05) is 37.2 Å². The first-order chi connectivity index (χ1) is 8.32. The molecule has 1 fully saturated rings. The number of hydrogen-bond donors (Lipinski definition) is 2. The van der Waals surface area contributed by atoms with Crippen LogP contribution in [-0.4, -0.2) is 47.4 Å². The monoisotopic (exact) mass is 254 g/mol. The number of aliphatic carboxylic acids is 1. The van der Waals surface area contributed by atoms with Crippen molar-refractivity contribution in [2.24, 2.45) is 0 Å². The number of carbonyl (C=O) groups excluding carboxylic acids is 2. The molecule has 1 unspecified atom stereocenters. The van der Waals surface area contributed by atoms with Crippen LogP contribution in [0.4, 0.5) is 0 Å². The van der Waals surface area contributed by atoms with Gasteiger partial charge in [0.1, 0.15) is 0 Å². The lowest BCUT2D eigenvalue weighted by Crippen LogP contribution is -2.48. The molecule has 1 aliphatic rings. The first-order valence-electron chi connectivity index (χ1n) is 5.78. The van der Waals surface area contributed by atoms with Crippen molar-refractivity contribution < 1.29 is 19.5 Å². The highest BCUT2D eigenvalue weighted by atomic mass is 16.4. The fourth-order valence-corrected chi connectivity index (χ4v) is 1.75. The highest BCUT2D eigenvalue weighted by molar-refractivity contribution is 6.01. The largest absolute Gasteiger partial charge is 0.478 e. The van der Waals surface area contributed by atoms with Crippen LogP contribution in [0.1, 0.15) is 26.7 Å². The predicted molar refractivity (Wildman–Crippen MR) is 64.8 cm³/mol. The maximum absolute atomic E-state index is 11.8. The Morgan fingerprint density at radius 3 is 2.44 bits per heavy atom. The molecule has 0 bridgehead atoms. The minimum atomic E-state index is -1.10. The van der Waals surface area contributed by atoms with Gasteiger partial charge in [0.25, 0.3) is 0 Å². The molecule has 0 aromatic heterocycles. The summed E-state index contributed by atoms with van der Waals surface area (Å²) < 4.78 is 0. The fraction of sp³-hybridized carbons (Fsp3) is 0.583. The van der Waals surface area contributed by atoms with Crippen molar-refractivity contribution >= 4 is 17.8 Å². The number of amides is 2. The van der Waals surface area contributed by atoms with E-state index in [0.29, 0.717) is 19.4 Å². The molecule has 6 nitrogen and oxygen atoms in total. The van der Waals surface area contributed by atoms with Crippen molar-refractivity contribution in [3.63, 3.8) is 0 Å². The van der Waals surface area contributed by atoms with E-state index < -0.39 is 5.97 Å². The van der Waals surface area contributed by atoms with Crippen LogP contribution >= 0.6 is 0 Å². The highest BCUT2D eigenvalue weighted by Crippen LogP contribution is 2.11. The molecule has 18 heavy (non-hydrogen) atoms. The molecule has 0 radical (unpaired) electrons. The van der Waals surface area contributed by atoms with Crippen LogP contribution in [0, 0.1) is 0 Å². The lowest BCUT2D eigenvalue weighted by atomic mass is 10.0. The van der Waals surface area contributed by atoms with Gasteiger partial charge in [-0.15, -0.1) is 0 Å².